The minimum absolute atomic E-state index is 0.189. The van der Waals surface area contributed by atoms with Gasteiger partial charge >= 0.3 is 0 Å². The van der Waals surface area contributed by atoms with Crippen molar-refractivity contribution in [3.05, 3.63) is 133 Å². The second-order valence-corrected chi connectivity index (χ2v) is 19.3. The van der Waals surface area contributed by atoms with Gasteiger partial charge in [0.1, 0.15) is 50.1 Å². The first-order valence-electron chi connectivity index (χ1n) is 26.5. The summed E-state index contributed by atoms with van der Waals surface area (Å²) in [7, 11) is 3.28. The minimum Gasteiger partial charge on any atom is -0.493 e. The van der Waals surface area contributed by atoms with Crippen LogP contribution >= 0.6 is 0 Å². The molecule has 0 bridgehead atoms. The maximum atomic E-state index is 10.5. The Morgan fingerprint density at radius 3 is 1.68 bits per heavy atom. The molecule has 1 aliphatic heterocycles. The summed E-state index contributed by atoms with van der Waals surface area (Å²) in [6, 6.07) is 42.1. The van der Waals surface area contributed by atoms with Crippen molar-refractivity contribution in [2.24, 2.45) is 0 Å². The van der Waals surface area contributed by atoms with Crippen LogP contribution in [0.1, 0.15) is 37.7 Å². The van der Waals surface area contributed by atoms with Crippen LogP contribution in [0.4, 0.5) is 0 Å². The van der Waals surface area contributed by atoms with Crippen molar-refractivity contribution in [2.75, 3.05) is 86.5 Å². The number of β-amino-alcohol motifs (C(OH)–C–C–N with tert-alkyl or cyclic N) is 1. The van der Waals surface area contributed by atoms with E-state index in [0.29, 0.717) is 75.0 Å². The number of likely N-dealkylation sites (tertiary alicyclic amines) is 1. The summed E-state index contributed by atoms with van der Waals surface area (Å²) in [4.78, 5) is 9.25. The number of ether oxygens (including phenoxy) is 7. The average Bonchev–Trinajstić information content (AvgIpc) is 4.18. The van der Waals surface area contributed by atoms with Crippen LogP contribution in [0.15, 0.2) is 127 Å². The normalized spacial score (nSPS) is 17.7. The van der Waals surface area contributed by atoms with Crippen molar-refractivity contribution < 1.29 is 48.5 Å². The van der Waals surface area contributed by atoms with Gasteiger partial charge < -0.3 is 69.1 Å². The summed E-state index contributed by atoms with van der Waals surface area (Å²) in [5, 5.41) is 41.6. The third-order valence-corrected chi connectivity index (χ3v) is 14.0. The van der Waals surface area contributed by atoms with Gasteiger partial charge in [0.05, 0.1) is 44.1 Å². The molecule has 2 aliphatic rings. The first kappa shape index (κ1) is 53.3. The molecule has 2 unspecified atom stereocenters. The standard InChI is InChI=1S/C36H47N3O6.C24H26N2O4/c1-42-35-21-25(16-19-43-32-11-5-4-10-31(32)39-18-15-26(40)23-39)13-14-33(35)44-20-17-37-22-27(41)24-45-34-12-6-9-30-36(34)28-7-2-3-8-29(28)38-30;1-28-21-10-4-5-11-22(21)29-14-13-25-15-17(27)16-30-23-12-6-9-20-24(23)18-7-2-3-8-19(18)26-20/h2-3,6-9,12-14,21,26-27,31-32,37-38,40-41H,4-5,10-11,15-20,22-24H2,1H3;2-12,17,25-27H,13-16H2,1H3/t26-,27?,31-,32-;/m1./s1. The highest BCUT2D eigenvalue weighted by Gasteiger charge is 2.34. The first-order chi connectivity index (χ1) is 36.8. The summed E-state index contributed by atoms with van der Waals surface area (Å²) in [5.41, 5.74) is 5.32. The molecule has 398 valence electrons. The summed E-state index contributed by atoms with van der Waals surface area (Å²) in [6.07, 6.45) is 5.12. The molecule has 10 rings (SSSR count). The molecular formula is C60H73N5O10. The molecule has 0 radical (unpaired) electrons. The van der Waals surface area contributed by atoms with Crippen LogP contribution in [0, 0.1) is 0 Å². The van der Waals surface area contributed by atoms with E-state index >= 15 is 0 Å². The predicted octanol–water partition coefficient (Wildman–Crippen LogP) is 8.41. The molecule has 6 aromatic carbocycles. The zero-order valence-corrected chi connectivity index (χ0v) is 43.2. The van der Waals surface area contributed by atoms with Gasteiger partial charge in [-0.15, -0.1) is 0 Å². The molecule has 15 nitrogen and oxygen atoms in total. The van der Waals surface area contributed by atoms with Gasteiger partial charge in [-0.3, -0.25) is 4.90 Å². The van der Waals surface area contributed by atoms with Crippen LogP contribution in [0.5, 0.6) is 34.5 Å². The number of methoxy groups -OCH3 is 2. The fraction of sp³-hybridized carbons (Fsp3) is 0.400. The molecule has 0 spiro atoms. The van der Waals surface area contributed by atoms with Gasteiger partial charge in [-0.1, -0.05) is 79.6 Å². The van der Waals surface area contributed by atoms with E-state index in [1.807, 2.05) is 103 Å². The first-order valence-corrected chi connectivity index (χ1v) is 26.5. The number of aliphatic hydroxyl groups is 3. The molecular weight excluding hydrogens is 951 g/mol. The van der Waals surface area contributed by atoms with E-state index in [0.717, 1.165) is 99.4 Å². The third-order valence-electron chi connectivity index (χ3n) is 14.0. The number of benzene rings is 6. The number of hydrogen-bond acceptors (Lipinski definition) is 13. The van der Waals surface area contributed by atoms with Gasteiger partial charge in [-0.25, -0.2) is 0 Å². The number of nitrogens with one attached hydrogen (secondary N) is 4. The summed E-state index contributed by atoms with van der Waals surface area (Å²) >= 11 is 0. The molecule has 15 heteroatoms. The lowest BCUT2D eigenvalue weighted by Gasteiger charge is -2.37. The van der Waals surface area contributed by atoms with Crippen LogP contribution < -0.4 is 39.1 Å². The number of rotatable bonds is 25. The fourth-order valence-electron chi connectivity index (χ4n) is 10.3. The molecule has 75 heavy (non-hydrogen) atoms. The van der Waals surface area contributed by atoms with E-state index < -0.39 is 12.2 Å². The Morgan fingerprint density at radius 2 is 1.09 bits per heavy atom. The average molecular weight is 1020 g/mol. The Morgan fingerprint density at radius 1 is 0.560 bits per heavy atom. The predicted molar refractivity (Wildman–Crippen MR) is 295 cm³/mol. The second kappa shape index (κ2) is 26.8. The zero-order valence-electron chi connectivity index (χ0n) is 43.2. The summed E-state index contributed by atoms with van der Waals surface area (Å²) in [5.74, 6) is 4.34. The number of aromatic nitrogens is 2. The number of aliphatic hydroxyl groups excluding tert-OH is 3. The monoisotopic (exact) mass is 1020 g/mol. The molecule has 1 aliphatic carbocycles. The largest absolute Gasteiger partial charge is 0.493 e. The van der Waals surface area contributed by atoms with Crippen LogP contribution in [0.3, 0.4) is 0 Å². The fourth-order valence-corrected chi connectivity index (χ4v) is 10.3. The zero-order chi connectivity index (χ0) is 51.8. The van der Waals surface area contributed by atoms with Crippen molar-refractivity contribution in [1.82, 2.24) is 25.5 Å². The quantitative estimate of drug-likeness (QED) is 0.0271. The van der Waals surface area contributed by atoms with E-state index in [9.17, 15) is 15.3 Å². The van der Waals surface area contributed by atoms with Gasteiger partial charge in [0.2, 0.25) is 0 Å². The van der Waals surface area contributed by atoms with E-state index in [2.05, 4.69) is 49.8 Å². The molecule has 8 aromatic rings. The molecule has 1 saturated heterocycles. The van der Waals surface area contributed by atoms with Crippen LogP contribution in [-0.4, -0.2) is 147 Å². The number of para-hydroxylation sites is 4. The van der Waals surface area contributed by atoms with Gasteiger partial charge in [0.25, 0.3) is 0 Å². The number of fused-ring (bicyclic) bond motifs is 6. The second-order valence-electron chi connectivity index (χ2n) is 19.3. The lowest BCUT2D eigenvalue weighted by Crippen LogP contribution is -2.46. The van der Waals surface area contributed by atoms with Gasteiger partial charge in [0.15, 0.2) is 23.0 Å². The van der Waals surface area contributed by atoms with Gasteiger partial charge in [0, 0.05) is 77.9 Å². The summed E-state index contributed by atoms with van der Waals surface area (Å²) in [6.45, 7) is 5.70. The molecule has 1 saturated carbocycles. The van der Waals surface area contributed by atoms with Gasteiger partial charge in [-0.05, 0) is 91.9 Å². The van der Waals surface area contributed by atoms with Gasteiger partial charge in [-0.2, -0.15) is 0 Å². The third kappa shape index (κ3) is 14.0. The highest BCUT2D eigenvalue weighted by molar-refractivity contribution is 6.11. The number of aromatic amines is 2. The number of nitrogens with zero attached hydrogens (tertiary/aromatic N) is 1. The molecule has 5 atom stereocenters. The van der Waals surface area contributed by atoms with E-state index in [1.165, 1.54) is 12.8 Å². The van der Waals surface area contributed by atoms with Crippen molar-refractivity contribution in [3.63, 3.8) is 0 Å². The van der Waals surface area contributed by atoms with E-state index in [4.69, 9.17) is 33.2 Å². The molecule has 0 amide bonds. The highest BCUT2D eigenvalue weighted by Crippen LogP contribution is 2.35. The lowest BCUT2D eigenvalue weighted by molar-refractivity contribution is -0.0316. The molecule has 7 N–H and O–H groups in total. The van der Waals surface area contributed by atoms with Crippen molar-refractivity contribution >= 4 is 43.6 Å². The van der Waals surface area contributed by atoms with Crippen LogP contribution in [0.25, 0.3) is 43.6 Å². The molecule has 3 heterocycles. The Balaban J connectivity index is 0.000000199. The Hall–Kier alpha value is -6.56. The topological polar surface area (TPSA) is 184 Å². The molecule has 2 aromatic heterocycles. The number of H-pyrrole nitrogens is 2. The van der Waals surface area contributed by atoms with Crippen molar-refractivity contribution in [1.29, 1.82) is 0 Å². The Labute approximate surface area is 439 Å². The Bertz CT molecular complexity index is 3030. The Kier molecular flexibility index (Phi) is 19.0. The summed E-state index contributed by atoms with van der Waals surface area (Å²) < 4.78 is 41.0. The smallest absolute Gasteiger partial charge is 0.161 e. The van der Waals surface area contributed by atoms with Crippen LogP contribution in [0.2, 0.25) is 0 Å². The van der Waals surface area contributed by atoms with Crippen molar-refractivity contribution in [2.45, 2.75) is 69.0 Å². The SMILES string of the molecule is COc1cc(CCO[C@@H]2CCCC[C@H]2N2CC[C@@H](O)C2)ccc1OCCNCC(O)COc1cccc2[nH]c3ccccc3c12.COc1ccccc1OCCNCC(O)COc1cccc2[nH]c3ccccc3c12. The maximum absolute atomic E-state index is 10.5. The van der Waals surface area contributed by atoms with Crippen LogP contribution in [-0.2, 0) is 11.2 Å². The van der Waals surface area contributed by atoms with E-state index in [1.54, 1.807) is 14.2 Å². The maximum Gasteiger partial charge on any atom is 0.161 e. The van der Waals surface area contributed by atoms with Crippen molar-refractivity contribution in [3.8, 4) is 34.5 Å². The lowest BCUT2D eigenvalue weighted by atomic mass is 9.91. The minimum atomic E-state index is -0.660. The number of hydrogen-bond donors (Lipinski definition) is 7. The van der Waals surface area contributed by atoms with E-state index in [-0.39, 0.29) is 25.4 Å². The highest BCUT2D eigenvalue weighted by atomic mass is 16.5. The molecule has 2 fully saturated rings.